The molecule has 2 heterocycles. The summed E-state index contributed by atoms with van der Waals surface area (Å²) >= 11 is 12.5. The minimum absolute atomic E-state index is 0.170. The molecule has 5 heteroatoms. The van der Waals surface area contributed by atoms with Gasteiger partial charge in [0.1, 0.15) is 0 Å². The maximum absolute atomic E-state index is 6.36. The molecule has 2 saturated heterocycles. The van der Waals surface area contributed by atoms with Crippen molar-refractivity contribution in [2.45, 2.75) is 31.3 Å². The number of nitrogens with zero attached hydrogens (tertiary/aromatic N) is 2. The predicted molar refractivity (Wildman–Crippen MR) is 89.0 cm³/mol. The van der Waals surface area contributed by atoms with E-state index in [1.165, 1.54) is 32.4 Å². The molecule has 0 saturated carbocycles. The van der Waals surface area contributed by atoms with Crippen LogP contribution in [0.25, 0.3) is 0 Å². The van der Waals surface area contributed by atoms with Crippen LogP contribution in [0.4, 0.5) is 0 Å². The number of hydrogen-bond acceptors (Lipinski definition) is 3. The standard InChI is InChI=1S/C16H23Cl2N3/c17-12-3-4-15(18)14(9-12)16(10-19)21-8-5-13(11-21)20-6-1-2-7-20/h3-4,9,13,16H,1-2,5-8,10-11,19H2. The smallest absolute Gasteiger partial charge is 0.0486 e. The van der Waals surface area contributed by atoms with Crippen molar-refractivity contribution >= 4 is 23.2 Å². The van der Waals surface area contributed by atoms with Crippen LogP contribution in [0, 0.1) is 0 Å². The minimum atomic E-state index is 0.170. The minimum Gasteiger partial charge on any atom is -0.329 e. The summed E-state index contributed by atoms with van der Waals surface area (Å²) in [5, 5.41) is 1.49. The molecule has 2 unspecified atom stereocenters. The maximum atomic E-state index is 6.36. The predicted octanol–water partition coefficient (Wildman–Crippen LogP) is 3.16. The summed E-state index contributed by atoms with van der Waals surface area (Å²) in [5.74, 6) is 0. The first-order valence-electron chi connectivity index (χ1n) is 7.82. The largest absolute Gasteiger partial charge is 0.329 e. The molecule has 0 radical (unpaired) electrons. The Kier molecular flexibility index (Phi) is 5.07. The van der Waals surface area contributed by atoms with Gasteiger partial charge in [-0.15, -0.1) is 0 Å². The normalized spacial score (nSPS) is 25.6. The van der Waals surface area contributed by atoms with Crippen LogP contribution in [0.3, 0.4) is 0 Å². The first-order valence-corrected chi connectivity index (χ1v) is 8.57. The van der Waals surface area contributed by atoms with Gasteiger partial charge in [0.15, 0.2) is 0 Å². The lowest BCUT2D eigenvalue weighted by Crippen LogP contribution is -2.38. The fourth-order valence-corrected chi connectivity index (χ4v) is 4.12. The van der Waals surface area contributed by atoms with E-state index in [0.717, 1.165) is 28.7 Å². The number of likely N-dealkylation sites (tertiary alicyclic amines) is 2. The maximum Gasteiger partial charge on any atom is 0.0486 e. The third-order valence-electron chi connectivity index (χ3n) is 4.83. The zero-order chi connectivity index (χ0) is 14.8. The SMILES string of the molecule is NCC(c1cc(Cl)ccc1Cl)N1CCC(N2CCCC2)C1. The second-order valence-corrected chi connectivity index (χ2v) is 6.94. The van der Waals surface area contributed by atoms with Gasteiger partial charge in [-0.25, -0.2) is 0 Å². The number of halogens is 2. The van der Waals surface area contributed by atoms with Gasteiger partial charge in [0.25, 0.3) is 0 Å². The summed E-state index contributed by atoms with van der Waals surface area (Å²) in [6.07, 6.45) is 3.92. The van der Waals surface area contributed by atoms with E-state index in [4.69, 9.17) is 28.9 Å². The lowest BCUT2D eigenvalue weighted by atomic mass is 10.1. The number of rotatable bonds is 4. The lowest BCUT2D eigenvalue weighted by molar-refractivity contribution is 0.203. The van der Waals surface area contributed by atoms with Crippen molar-refractivity contribution in [1.82, 2.24) is 9.80 Å². The van der Waals surface area contributed by atoms with Crippen molar-refractivity contribution in [3.8, 4) is 0 Å². The van der Waals surface area contributed by atoms with Crippen LogP contribution in [0.5, 0.6) is 0 Å². The van der Waals surface area contributed by atoms with Crippen molar-refractivity contribution in [1.29, 1.82) is 0 Å². The van der Waals surface area contributed by atoms with E-state index in [1.807, 2.05) is 18.2 Å². The van der Waals surface area contributed by atoms with E-state index in [1.54, 1.807) is 0 Å². The third-order valence-corrected chi connectivity index (χ3v) is 5.41. The van der Waals surface area contributed by atoms with Gasteiger partial charge in [0.05, 0.1) is 0 Å². The number of benzene rings is 1. The van der Waals surface area contributed by atoms with E-state index in [9.17, 15) is 0 Å². The Bertz CT molecular complexity index is 488. The molecule has 0 aliphatic carbocycles. The van der Waals surface area contributed by atoms with Gasteiger partial charge in [-0.1, -0.05) is 23.2 Å². The molecule has 0 spiro atoms. The van der Waals surface area contributed by atoms with Crippen LogP contribution in [0.2, 0.25) is 10.0 Å². The summed E-state index contributed by atoms with van der Waals surface area (Å²) < 4.78 is 0. The molecule has 0 amide bonds. The fourth-order valence-electron chi connectivity index (χ4n) is 3.70. The second kappa shape index (κ2) is 6.84. The van der Waals surface area contributed by atoms with Crippen LogP contribution in [0.15, 0.2) is 18.2 Å². The third kappa shape index (κ3) is 3.38. The highest BCUT2D eigenvalue weighted by Crippen LogP contribution is 2.33. The van der Waals surface area contributed by atoms with Crippen molar-refractivity contribution in [3.63, 3.8) is 0 Å². The van der Waals surface area contributed by atoms with Gasteiger partial charge in [0, 0.05) is 41.8 Å². The molecule has 1 aromatic rings. The van der Waals surface area contributed by atoms with Crippen molar-refractivity contribution in [2.75, 3.05) is 32.7 Å². The molecule has 0 bridgehead atoms. The zero-order valence-corrected chi connectivity index (χ0v) is 13.8. The molecule has 0 aromatic heterocycles. The molecule has 2 N–H and O–H groups in total. The molecule has 2 atom stereocenters. The van der Waals surface area contributed by atoms with E-state index < -0.39 is 0 Å². The average molecular weight is 328 g/mol. The Labute approximate surface area is 137 Å². The molecule has 3 rings (SSSR count). The quantitative estimate of drug-likeness (QED) is 0.921. The van der Waals surface area contributed by atoms with Gasteiger partial charge in [-0.3, -0.25) is 9.80 Å². The van der Waals surface area contributed by atoms with Gasteiger partial charge >= 0.3 is 0 Å². The molecule has 1 aromatic carbocycles. The molecular formula is C16H23Cl2N3. The first-order chi connectivity index (χ1) is 10.2. The van der Waals surface area contributed by atoms with Crippen molar-refractivity contribution < 1.29 is 0 Å². The van der Waals surface area contributed by atoms with Crippen LogP contribution in [0.1, 0.15) is 30.9 Å². The highest BCUT2D eigenvalue weighted by Gasteiger charge is 2.33. The van der Waals surface area contributed by atoms with Crippen LogP contribution in [-0.2, 0) is 0 Å². The molecule has 116 valence electrons. The Balaban J connectivity index is 1.73. The van der Waals surface area contributed by atoms with Crippen LogP contribution < -0.4 is 5.73 Å². The zero-order valence-electron chi connectivity index (χ0n) is 12.3. The van der Waals surface area contributed by atoms with E-state index >= 15 is 0 Å². The Hall–Kier alpha value is -0.320. The molecule has 3 nitrogen and oxygen atoms in total. The molecule has 2 aliphatic rings. The summed E-state index contributed by atoms with van der Waals surface area (Å²) in [4.78, 5) is 5.10. The molecule has 2 fully saturated rings. The number of nitrogens with two attached hydrogens (primary N) is 1. The van der Waals surface area contributed by atoms with Crippen molar-refractivity contribution in [2.24, 2.45) is 5.73 Å². The summed E-state index contributed by atoms with van der Waals surface area (Å²) in [6.45, 7) is 5.26. The van der Waals surface area contributed by atoms with Gasteiger partial charge in [-0.2, -0.15) is 0 Å². The summed E-state index contributed by atoms with van der Waals surface area (Å²) in [7, 11) is 0. The van der Waals surface area contributed by atoms with Gasteiger partial charge < -0.3 is 5.73 Å². The molecular weight excluding hydrogens is 305 g/mol. The van der Waals surface area contributed by atoms with Crippen LogP contribution in [-0.4, -0.2) is 48.6 Å². The second-order valence-electron chi connectivity index (χ2n) is 6.10. The lowest BCUT2D eigenvalue weighted by Gasteiger charge is -2.29. The topological polar surface area (TPSA) is 32.5 Å². The fraction of sp³-hybridized carbons (Fsp3) is 0.625. The highest BCUT2D eigenvalue weighted by molar-refractivity contribution is 6.33. The molecule has 21 heavy (non-hydrogen) atoms. The van der Waals surface area contributed by atoms with Gasteiger partial charge in [0.2, 0.25) is 0 Å². The Morgan fingerprint density at radius 3 is 2.67 bits per heavy atom. The van der Waals surface area contributed by atoms with E-state index in [-0.39, 0.29) is 6.04 Å². The average Bonchev–Trinajstić information content (AvgIpc) is 3.14. The van der Waals surface area contributed by atoms with Gasteiger partial charge in [-0.05, 0) is 56.1 Å². The summed E-state index contributed by atoms with van der Waals surface area (Å²) in [5.41, 5.74) is 7.11. The van der Waals surface area contributed by atoms with Crippen LogP contribution >= 0.6 is 23.2 Å². The van der Waals surface area contributed by atoms with Crippen molar-refractivity contribution in [3.05, 3.63) is 33.8 Å². The monoisotopic (exact) mass is 327 g/mol. The summed E-state index contributed by atoms with van der Waals surface area (Å²) in [6, 6.07) is 6.52. The Morgan fingerprint density at radius 1 is 1.19 bits per heavy atom. The molecule has 2 aliphatic heterocycles. The van der Waals surface area contributed by atoms with E-state index in [0.29, 0.717) is 12.6 Å². The Morgan fingerprint density at radius 2 is 1.95 bits per heavy atom. The van der Waals surface area contributed by atoms with E-state index in [2.05, 4.69) is 9.80 Å². The number of hydrogen-bond donors (Lipinski definition) is 1. The first kappa shape index (κ1) is 15.6. The highest BCUT2D eigenvalue weighted by atomic mass is 35.5.